The molecule has 0 aliphatic heterocycles. The van der Waals surface area contributed by atoms with E-state index in [0.717, 1.165) is 20.8 Å². The van der Waals surface area contributed by atoms with Gasteiger partial charge in [-0.1, -0.05) is 12.1 Å². The van der Waals surface area contributed by atoms with E-state index in [9.17, 15) is 9.59 Å². The quantitative estimate of drug-likeness (QED) is 0.605. The molecule has 0 aliphatic carbocycles. The summed E-state index contributed by atoms with van der Waals surface area (Å²) < 4.78 is 2.34. The van der Waals surface area contributed by atoms with Gasteiger partial charge in [-0.2, -0.15) is 0 Å². The predicted octanol–water partition coefficient (Wildman–Crippen LogP) is 3.26. The minimum Gasteiger partial charge on any atom is -0.324 e. The van der Waals surface area contributed by atoms with Gasteiger partial charge in [0.1, 0.15) is 6.54 Å². The number of anilines is 1. The molecule has 0 aliphatic rings. The third-order valence-corrected chi connectivity index (χ3v) is 5.08. The first-order chi connectivity index (χ1) is 12.5. The summed E-state index contributed by atoms with van der Waals surface area (Å²) in [4.78, 5) is 33.7. The van der Waals surface area contributed by atoms with Crippen LogP contribution in [0.4, 0.5) is 5.69 Å². The Morgan fingerprint density at radius 3 is 2.92 bits per heavy atom. The van der Waals surface area contributed by atoms with E-state index in [2.05, 4.69) is 15.3 Å². The van der Waals surface area contributed by atoms with Crippen LogP contribution in [-0.2, 0) is 11.3 Å². The number of carbonyl (C=O) groups excluding carboxylic acids is 1. The third kappa shape index (κ3) is 2.97. The average Bonchev–Trinajstić information content (AvgIpc) is 2.97. The van der Waals surface area contributed by atoms with Crippen LogP contribution in [0.15, 0.2) is 47.5 Å². The van der Waals surface area contributed by atoms with Crippen molar-refractivity contribution in [2.24, 2.45) is 0 Å². The van der Waals surface area contributed by atoms with Gasteiger partial charge in [-0.05, 0) is 43.7 Å². The van der Waals surface area contributed by atoms with Gasteiger partial charge < -0.3 is 5.32 Å². The maximum Gasteiger partial charge on any atom is 0.261 e. The van der Waals surface area contributed by atoms with Crippen LogP contribution in [0.1, 0.15) is 10.6 Å². The summed E-state index contributed by atoms with van der Waals surface area (Å²) in [5.41, 5.74) is 2.98. The lowest BCUT2D eigenvalue weighted by atomic mass is 10.1. The molecule has 0 bridgehead atoms. The van der Waals surface area contributed by atoms with E-state index in [1.165, 1.54) is 10.9 Å². The molecule has 2 aromatic carbocycles. The Kier molecular flexibility index (Phi) is 4.00. The summed E-state index contributed by atoms with van der Waals surface area (Å²) in [5, 5.41) is 4.33. The molecule has 0 radical (unpaired) electrons. The van der Waals surface area contributed by atoms with Crippen molar-refractivity contribution < 1.29 is 4.79 Å². The van der Waals surface area contributed by atoms with Gasteiger partial charge in [-0.3, -0.25) is 14.2 Å². The number of thiazole rings is 1. The van der Waals surface area contributed by atoms with E-state index in [-0.39, 0.29) is 18.0 Å². The minimum absolute atomic E-state index is 0.0878. The van der Waals surface area contributed by atoms with Crippen LogP contribution in [0.3, 0.4) is 0 Å². The van der Waals surface area contributed by atoms with Gasteiger partial charge in [-0.15, -0.1) is 11.3 Å². The molecule has 1 N–H and O–H groups in total. The molecule has 0 atom stereocenters. The van der Waals surface area contributed by atoms with Gasteiger partial charge >= 0.3 is 0 Å². The molecule has 0 unspecified atom stereocenters. The zero-order valence-corrected chi connectivity index (χ0v) is 15.1. The van der Waals surface area contributed by atoms with Crippen molar-refractivity contribution in [2.75, 3.05) is 5.32 Å². The fourth-order valence-corrected chi connectivity index (χ4v) is 3.79. The van der Waals surface area contributed by atoms with Crippen LogP contribution in [-0.4, -0.2) is 20.4 Å². The third-order valence-electron chi connectivity index (χ3n) is 4.15. The standard InChI is InChI=1S/C19H16N4O2S/c1-11-4-3-5-14-18(11)20-10-23(19(14)25)9-17(24)22-13-6-7-15-16(8-13)26-12(2)21-15/h3-8,10H,9H2,1-2H3,(H,22,24). The summed E-state index contributed by atoms with van der Waals surface area (Å²) in [6.07, 6.45) is 1.42. The Morgan fingerprint density at radius 2 is 2.08 bits per heavy atom. The molecule has 0 saturated heterocycles. The Hall–Kier alpha value is -3.06. The summed E-state index contributed by atoms with van der Waals surface area (Å²) in [5.74, 6) is -0.276. The summed E-state index contributed by atoms with van der Waals surface area (Å²) in [6, 6.07) is 11.0. The van der Waals surface area contributed by atoms with E-state index in [1.54, 1.807) is 17.4 Å². The highest BCUT2D eigenvalue weighted by Crippen LogP contribution is 2.24. The van der Waals surface area contributed by atoms with E-state index >= 15 is 0 Å². The van der Waals surface area contributed by atoms with Gasteiger partial charge in [0, 0.05) is 5.69 Å². The van der Waals surface area contributed by atoms with Crippen molar-refractivity contribution in [1.82, 2.24) is 14.5 Å². The summed E-state index contributed by atoms with van der Waals surface area (Å²) >= 11 is 1.57. The number of fused-ring (bicyclic) bond motifs is 2. The second-order valence-electron chi connectivity index (χ2n) is 6.11. The van der Waals surface area contributed by atoms with Crippen LogP contribution in [0.2, 0.25) is 0 Å². The Morgan fingerprint density at radius 1 is 1.23 bits per heavy atom. The zero-order valence-electron chi connectivity index (χ0n) is 14.3. The van der Waals surface area contributed by atoms with Crippen molar-refractivity contribution in [1.29, 1.82) is 0 Å². The van der Waals surface area contributed by atoms with Crippen molar-refractivity contribution in [3.05, 3.63) is 63.7 Å². The van der Waals surface area contributed by atoms with Crippen LogP contribution < -0.4 is 10.9 Å². The number of hydrogen-bond acceptors (Lipinski definition) is 5. The predicted molar refractivity (Wildman–Crippen MR) is 104 cm³/mol. The van der Waals surface area contributed by atoms with E-state index < -0.39 is 0 Å². The second kappa shape index (κ2) is 6.34. The molecule has 2 heterocycles. The first-order valence-electron chi connectivity index (χ1n) is 8.13. The number of nitrogens with zero attached hydrogens (tertiary/aromatic N) is 3. The summed E-state index contributed by atoms with van der Waals surface area (Å²) in [7, 11) is 0. The second-order valence-corrected chi connectivity index (χ2v) is 7.35. The molecule has 0 spiro atoms. The molecule has 0 saturated carbocycles. The number of benzene rings is 2. The fraction of sp³-hybridized carbons (Fsp3) is 0.158. The highest BCUT2D eigenvalue weighted by atomic mass is 32.1. The van der Waals surface area contributed by atoms with Gasteiger partial charge in [-0.25, -0.2) is 9.97 Å². The molecule has 1 amide bonds. The lowest BCUT2D eigenvalue weighted by molar-refractivity contribution is -0.116. The molecule has 7 heteroatoms. The lowest BCUT2D eigenvalue weighted by Gasteiger charge is -2.09. The van der Waals surface area contributed by atoms with Crippen molar-refractivity contribution >= 4 is 44.1 Å². The van der Waals surface area contributed by atoms with Crippen LogP contribution in [0.5, 0.6) is 0 Å². The Bertz CT molecular complexity index is 1210. The van der Waals surface area contributed by atoms with Crippen molar-refractivity contribution in [3.8, 4) is 0 Å². The van der Waals surface area contributed by atoms with Crippen molar-refractivity contribution in [3.63, 3.8) is 0 Å². The molecule has 2 aromatic heterocycles. The van der Waals surface area contributed by atoms with Gasteiger partial charge in [0.25, 0.3) is 5.56 Å². The van der Waals surface area contributed by atoms with E-state index in [4.69, 9.17) is 0 Å². The van der Waals surface area contributed by atoms with E-state index in [0.29, 0.717) is 16.6 Å². The van der Waals surface area contributed by atoms with E-state index in [1.807, 2.05) is 44.2 Å². The number of aryl methyl sites for hydroxylation is 2. The number of rotatable bonds is 3. The van der Waals surface area contributed by atoms with Gasteiger partial charge in [0.05, 0.1) is 32.5 Å². The maximum absolute atomic E-state index is 12.6. The van der Waals surface area contributed by atoms with Crippen LogP contribution in [0, 0.1) is 13.8 Å². The topological polar surface area (TPSA) is 76.9 Å². The van der Waals surface area contributed by atoms with Crippen molar-refractivity contribution in [2.45, 2.75) is 20.4 Å². The highest BCUT2D eigenvalue weighted by Gasteiger charge is 2.10. The highest BCUT2D eigenvalue weighted by molar-refractivity contribution is 7.18. The van der Waals surface area contributed by atoms with Crippen LogP contribution in [0.25, 0.3) is 21.1 Å². The van der Waals surface area contributed by atoms with Crippen LogP contribution >= 0.6 is 11.3 Å². The number of nitrogens with one attached hydrogen (secondary N) is 1. The normalized spacial score (nSPS) is 11.2. The molecule has 6 nitrogen and oxygen atoms in total. The summed E-state index contributed by atoms with van der Waals surface area (Å²) in [6.45, 7) is 3.77. The molecular weight excluding hydrogens is 348 g/mol. The number of para-hydroxylation sites is 1. The number of amides is 1. The first-order valence-corrected chi connectivity index (χ1v) is 8.95. The number of hydrogen-bond donors (Lipinski definition) is 1. The van der Waals surface area contributed by atoms with Gasteiger partial charge in [0.15, 0.2) is 0 Å². The molecule has 0 fully saturated rings. The first kappa shape index (κ1) is 16.4. The lowest BCUT2D eigenvalue weighted by Crippen LogP contribution is -2.28. The largest absolute Gasteiger partial charge is 0.324 e. The molecule has 4 aromatic rings. The van der Waals surface area contributed by atoms with Gasteiger partial charge in [0.2, 0.25) is 5.91 Å². The molecular formula is C19H16N4O2S. The monoisotopic (exact) mass is 364 g/mol. The molecule has 130 valence electrons. The maximum atomic E-state index is 12.6. The molecule has 26 heavy (non-hydrogen) atoms. The smallest absolute Gasteiger partial charge is 0.261 e. The molecule has 4 rings (SSSR count). The Balaban J connectivity index is 1.58. The Labute approximate surface area is 153 Å². The zero-order chi connectivity index (χ0) is 18.3. The average molecular weight is 364 g/mol. The SMILES string of the molecule is Cc1nc2ccc(NC(=O)Cn3cnc4c(C)cccc4c3=O)cc2s1. The fourth-order valence-electron chi connectivity index (χ4n) is 2.92. The minimum atomic E-state index is -0.276. The number of aromatic nitrogens is 3. The number of carbonyl (C=O) groups is 1.